The summed E-state index contributed by atoms with van der Waals surface area (Å²) in [6.07, 6.45) is 2.75. The van der Waals surface area contributed by atoms with E-state index in [1.165, 1.54) is 12.1 Å². The number of halogens is 1. The van der Waals surface area contributed by atoms with Gasteiger partial charge in [0.2, 0.25) is 5.91 Å². The van der Waals surface area contributed by atoms with Gasteiger partial charge in [-0.3, -0.25) is 4.79 Å². The summed E-state index contributed by atoms with van der Waals surface area (Å²) in [6, 6.07) is 15.1. The van der Waals surface area contributed by atoms with Gasteiger partial charge >= 0.3 is 0 Å². The van der Waals surface area contributed by atoms with Crippen LogP contribution in [0.2, 0.25) is 0 Å². The molecule has 1 saturated heterocycles. The van der Waals surface area contributed by atoms with Gasteiger partial charge in [-0.15, -0.1) is 0 Å². The number of likely N-dealkylation sites (tertiary alicyclic amines) is 1. The minimum Gasteiger partial charge on any atom is -0.394 e. The molecule has 4 nitrogen and oxygen atoms in total. The molecule has 0 radical (unpaired) electrons. The average molecular weight is 364 g/mol. The number of carbonyl (C=O) groups is 1. The van der Waals surface area contributed by atoms with Crippen LogP contribution in [0.1, 0.15) is 30.7 Å². The van der Waals surface area contributed by atoms with Gasteiger partial charge in [0.15, 0.2) is 0 Å². The molecule has 1 N–H and O–H groups in total. The maximum Gasteiger partial charge on any atom is 0.227 e. The molecule has 2 aromatic rings. The lowest BCUT2D eigenvalue weighted by Gasteiger charge is -2.53. The van der Waals surface area contributed by atoms with Crippen molar-refractivity contribution in [3.8, 4) is 17.2 Å². The number of carbonyl (C=O) groups excluding carboxylic acids is 1. The minimum atomic E-state index is -0.607. The minimum absolute atomic E-state index is 0.0192. The van der Waals surface area contributed by atoms with Crippen LogP contribution in [0.25, 0.3) is 11.1 Å². The highest BCUT2D eigenvalue weighted by Crippen LogP contribution is 2.46. The van der Waals surface area contributed by atoms with Crippen molar-refractivity contribution in [1.29, 1.82) is 5.26 Å². The predicted octanol–water partition coefficient (Wildman–Crippen LogP) is 3.47. The van der Waals surface area contributed by atoms with Gasteiger partial charge in [0.05, 0.1) is 18.7 Å². The average Bonchev–Trinajstić information content (AvgIpc) is 2.60. The summed E-state index contributed by atoms with van der Waals surface area (Å²) in [7, 11) is 0. The first-order valence-corrected chi connectivity index (χ1v) is 9.33. The van der Waals surface area contributed by atoms with Crippen molar-refractivity contribution in [1.82, 2.24) is 4.90 Å². The highest BCUT2D eigenvalue weighted by atomic mass is 19.1. The number of nitriles is 1. The summed E-state index contributed by atoms with van der Waals surface area (Å²) in [5.74, 6) is -0.655. The predicted molar refractivity (Wildman–Crippen MR) is 99.0 cm³/mol. The first-order valence-electron chi connectivity index (χ1n) is 9.33. The largest absolute Gasteiger partial charge is 0.394 e. The number of amides is 1. The Morgan fingerprint density at radius 3 is 2.63 bits per heavy atom. The zero-order valence-electron chi connectivity index (χ0n) is 14.9. The zero-order chi connectivity index (χ0) is 19.0. The van der Waals surface area contributed by atoms with Gasteiger partial charge in [-0.05, 0) is 41.7 Å². The first-order chi connectivity index (χ1) is 13.2. The van der Waals surface area contributed by atoms with Crippen LogP contribution in [0.4, 0.5) is 4.39 Å². The molecule has 0 spiro atoms. The fourth-order valence-electron chi connectivity index (χ4n) is 4.26. The molecule has 1 heterocycles. The maximum atomic E-state index is 13.7. The fourth-order valence-corrected chi connectivity index (χ4v) is 4.26. The van der Waals surface area contributed by atoms with E-state index in [-0.39, 0.29) is 30.2 Å². The van der Waals surface area contributed by atoms with E-state index in [2.05, 4.69) is 6.07 Å². The number of hydrogen-bond donors (Lipinski definition) is 1. The summed E-state index contributed by atoms with van der Waals surface area (Å²) in [5, 5.41) is 19.7. The molecular weight excluding hydrogens is 343 g/mol. The third kappa shape index (κ3) is 2.90. The highest BCUT2D eigenvalue weighted by Gasteiger charge is 2.53. The molecule has 1 aliphatic heterocycles. The van der Waals surface area contributed by atoms with Crippen molar-refractivity contribution in [3.05, 3.63) is 59.9 Å². The van der Waals surface area contributed by atoms with Crippen molar-refractivity contribution in [2.75, 3.05) is 6.61 Å². The summed E-state index contributed by atoms with van der Waals surface area (Å²) in [5.41, 5.74) is 2.42. The topological polar surface area (TPSA) is 64.3 Å². The second kappa shape index (κ2) is 7.13. The second-order valence-corrected chi connectivity index (χ2v) is 7.32. The highest BCUT2D eigenvalue weighted by molar-refractivity contribution is 5.83. The second-order valence-electron chi connectivity index (χ2n) is 7.32. The Kier molecular flexibility index (Phi) is 4.67. The number of aliphatic hydroxyl groups is 1. The van der Waals surface area contributed by atoms with Crippen molar-refractivity contribution < 1.29 is 14.3 Å². The Labute approximate surface area is 157 Å². The fraction of sp³-hybridized carbons (Fsp3) is 0.364. The van der Waals surface area contributed by atoms with Gasteiger partial charge in [-0.1, -0.05) is 42.8 Å². The van der Waals surface area contributed by atoms with Crippen molar-refractivity contribution >= 4 is 5.91 Å². The normalized spacial score (nSPS) is 24.6. The molecule has 1 amide bonds. The molecule has 4 rings (SSSR count). The van der Waals surface area contributed by atoms with Crippen LogP contribution in [-0.4, -0.2) is 34.6 Å². The van der Waals surface area contributed by atoms with E-state index in [0.29, 0.717) is 0 Å². The summed E-state index contributed by atoms with van der Waals surface area (Å²) < 4.78 is 13.7. The third-order valence-electron chi connectivity index (χ3n) is 5.90. The quantitative estimate of drug-likeness (QED) is 0.903. The Balaban J connectivity index is 1.71. The zero-order valence-corrected chi connectivity index (χ0v) is 14.9. The van der Waals surface area contributed by atoms with E-state index in [1.807, 2.05) is 30.3 Å². The summed E-state index contributed by atoms with van der Waals surface area (Å²) in [6.45, 7) is -0.196. The van der Waals surface area contributed by atoms with Crippen molar-refractivity contribution in [3.63, 3.8) is 0 Å². The number of hydrogen-bond acceptors (Lipinski definition) is 3. The summed E-state index contributed by atoms with van der Waals surface area (Å²) in [4.78, 5) is 14.3. The SMILES string of the molecule is N#C[C@@H]1[C@@H](c2ccccc2-c2cccc(F)c2)[C@H](CO)N1C(=O)C1CCC1. The molecule has 0 unspecified atom stereocenters. The molecule has 1 saturated carbocycles. The number of nitrogens with zero attached hydrogens (tertiary/aromatic N) is 2. The maximum absolute atomic E-state index is 13.7. The van der Waals surface area contributed by atoms with E-state index in [9.17, 15) is 19.6 Å². The number of rotatable bonds is 4. The van der Waals surface area contributed by atoms with Crippen LogP contribution in [0.5, 0.6) is 0 Å². The molecule has 5 heteroatoms. The third-order valence-corrected chi connectivity index (χ3v) is 5.90. The monoisotopic (exact) mass is 364 g/mol. The van der Waals surface area contributed by atoms with Crippen molar-refractivity contribution in [2.45, 2.75) is 37.3 Å². The molecular formula is C22H21FN2O2. The molecule has 2 aliphatic rings. The van der Waals surface area contributed by atoms with Crippen LogP contribution >= 0.6 is 0 Å². The Morgan fingerprint density at radius 1 is 1.22 bits per heavy atom. The molecule has 2 aromatic carbocycles. The van der Waals surface area contributed by atoms with Crippen LogP contribution in [0, 0.1) is 23.1 Å². The molecule has 138 valence electrons. The van der Waals surface area contributed by atoms with Gasteiger partial charge in [0, 0.05) is 11.8 Å². The van der Waals surface area contributed by atoms with E-state index < -0.39 is 12.1 Å². The lowest BCUT2D eigenvalue weighted by molar-refractivity contribution is -0.154. The molecule has 0 bridgehead atoms. The molecule has 1 aliphatic carbocycles. The van der Waals surface area contributed by atoms with Crippen LogP contribution in [0.3, 0.4) is 0 Å². The van der Waals surface area contributed by atoms with Gasteiger partial charge in [-0.25, -0.2) is 4.39 Å². The van der Waals surface area contributed by atoms with E-state index >= 15 is 0 Å². The van der Waals surface area contributed by atoms with Gasteiger partial charge in [-0.2, -0.15) is 5.26 Å². The lowest BCUT2D eigenvalue weighted by atomic mass is 9.71. The van der Waals surface area contributed by atoms with Gasteiger partial charge in [0.25, 0.3) is 0 Å². The van der Waals surface area contributed by atoms with Gasteiger partial charge < -0.3 is 10.0 Å². The smallest absolute Gasteiger partial charge is 0.227 e. The Morgan fingerprint density at radius 2 is 2.00 bits per heavy atom. The molecule has 0 aromatic heterocycles. The molecule has 2 fully saturated rings. The molecule has 27 heavy (non-hydrogen) atoms. The first kappa shape index (κ1) is 17.7. The van der Waals surface area contributed by atoms with E-state index in [0.717, 1.165) is 36.0 Å². The van der Waals surface area contributed by atoms with E-state index in [1.54, 1.807) is 11.0 Å². The molecule has 3 atom stereocenters. The Hall–Kier alpha value is -2.71. The number of aliphatic hydroxyl groups excluding tert-OH is 1. The Bertz CT molecular complexity index is 903. The van der Waals surface area contributed by atoms with Crippen LogP contribution < -0.4 is 0 Å². The van der Waals surface area contributed by atoms with Crippen LogP contribution in [0.15, 0.2) is 48.5 Å². The summed E-state index contributed by atoms with van der Waals surface area (Å²) >= 11 is 0. The standard InChI is InChI=1S/C22H21FN2O2/c23-16-8-4-7-15(11-16)17-9-1-2-10-18(17)21-19(12-24)25(20(21)13-26)22(27)14-5-3-6-14/h1-2,4,7-11,14,19-21,26H,3,5-6,13H2/t19-,20+,21-/m1/s1. The van der Waals surface area contributed by atoms with Gasteiger partial charge in [0.1, 0.15) is 11.9 Å². The van der Waals surface area contributed by atoms with Crippen molar-refractivity contribution in [2.24, 2.45) is 5.92 Å². The number of benzene rings is 2. The van der Waals surface area contributed by atoms with E-state index in [4.69, 9.17) is 0 Å². The van der Waals surface area contributed by atoms with Crippen LogP contribution in [-0.2, 0) is 4.79 Å². The lowest BCUT2D eigenvalue weighted by Crippen LogP contribution is -2.66.